The van der Waals surface area contributed by atoms with Crippen LogP contribution >= 0.6 is 11.8 Å². The first-order chi connectivity index (χ1) is 11.0. The average molecular weight is 353 g/mol. The Bertz CT molecular complexity index is 675. The maximum absolute atomic E-state index is 12.5. The number of hydrogen-bond donors (Lipinski definition) is 1. The summed E-state index contributed by atoms with van der Waals surface area (Å²) in [5, 5.41) is 3.15. The van der Waals surface area contributed by atoms with Crippen molar-refractivity contribution < 1.29 is 13.2 Å². The van der Waals surface area contributed by atoms with Gasteiger partial charge in [0.2, 0.25) is 15.9 Å². The van der Waals surface area contributed by atoms with Crippen LogP contribution in [-0.2, 0) is 14.8 Å². The van der Waals surface area contributed by atoms with E-state index in [1.54, 1.807) is 12.1 Å². The third kappa shape index (κ3) is 4.96. The molecule has 0 unspecified atom stereocenters. The molecule has 0 saturated carbocycles. The Hall–Kier alpha value is -1.56. The Balaban J connectivity index is 1.96. The molecule has 23 heavy (non-hydrogen) atoms. The largest absolute Gasteiger partial charge is 0.344 e. The third-order valence-corrected chi connectivity index (χ3v) is 6.23. The van der Waals surface area contributed by atoms with Crippen LogP contribution in [0.3, 0.4) is 0 Å². The summed E-state index contributed by atoms with van der Waals surface area (Å²) in [6, 6.07) is 3.16. The van der Waals surface area contributed by atoms with Gasteiger partial charge in [0, 0.05) is 19.3 Å². The number of piperidine rings is 1. The number of nitrogens with one attached hydrogen (secondary N) is 1. The van der Waals surface area contributed by atoms with Crippen molar-refractivity contribution in [2.24, 2.45) is 0 Å². The minimum absolute atomic E-state index is 0.181. The smallest absolute Gasteiger partial charge is 0.244 e. The molecular weight excluding hydrogens is 334 g/mol. The van der Waals surface area contributed by atoms with Gasteiger partial charge in [-0.25, -0.2) is 13.4 Å². The maximum Gasteiger partial charge on any atom is 0.244 e. The summed E-state index contributed by atoms with van der Waals surface area (Å²) in [4.78, 5) is 15.8. The van der Waals surface area contributed by atoms with Crippen LogP contribution in [-0.4, -0.2) is 49.0 Å². The van der Waals surface area contributed by atoms with Gasteiger partial charge in [-0.1, -0.05) is 24.1 Å². The molecule has 0 radical (unpaired) electrons. The Morgan fingerprint density at radius 3 is 2.70 bits per heavy atom. The van der Waals surface area contributed by atoms with Crippen LogP contribution in [0.25, 0.3) is 0 Å². The fourth-order valence-electron chi connectivity index (χ4n) is 2.20. The number of terminal acetylenes is 1. The zero-order valence-electron chi connectivity index (χ0n) is 12.7. The Kier molecular flexibility index (Phi) is 6.45. The highest BCUT2D eigenvalue weighted by atomic mass is 32.2. The molecule has 1 aliphatic heterocycles. The normalized spacial score (nSPS) is 15.8. The summed E-state index contributed by atoms with van der Waals surface area (Å²) >= 11 is 1.23. The molecule has 6 nitrogen and oxygen atoms in total. The highest BCUT2D eigenvalue weighted by Crippen LogP contribution is 2.22. The highest BCUT2D eigenvalue weighted by molar-refractivity contribution is 7.99. The second-order valence-corrected chi connectivity index (χ2v) is 8.00. The van der Waals surface area contributed by atoms with Crippen LogP contribution in [0.15, 0.2) is 28.3 Å². The molecule has 0 aromatic carbocycles. The molecule has 1 N–H and O–H groups in total. The third-order valence-electron chi connectivity index (χ3n) is 3.40. The molecule has 8 heteroatoms. The number of carbonyl (C=O) groups excluding carboxylic acids is 1. The number of pyridine rings is 1. The lowest BCUT2D eigenvalue weighted by atomic mass is 10.2. The lowest BCUT2D eigenvalue weighted by Gasteiger charge is -2.25. The van der Waals surface area contributed by atoms with Crippen molar-refractivity contribution in [1.29, 1.82) is 0 Å². The molecule has 0 aliphatic carbocycles. The summed E-state index contributed by atoms with van der Waals surface area (Å²) < 4.78 is 26.5. The fourth-order valence-corrected chi connectivity index (χ4v) is 4.33. The average Bonchev–Trinajstić information content (AvgIpc) is 2.59. The summed E-state index contributed by atoms with van der Waals surface area (Å²) in [6.45, 7) is 1.32. The van der Waals surface area contributed by atoms with E-state index in [1.807, 2.05) is 0 Å². The maximum atomic E-state index is 12.5. The summed E-state index contributed by atoms with van der Waals surface area (Å²) in [7, 11) is -3.46. The van der Waals surface area contributed by atoms with Gasteiger partial charge in [0.05, 0.1) is 17.3 Å². The fraction of sp³-hybridized carbons (Fsp3) is 0.467. The van der Waals surface area contributed by atoms with E-state index in [1.165, 1.54) is 22.3 Å². The molecule has 1 saturated heterocycles. The standard InChI is InChI=1S/C15H19N3O3S2/c1-2-8-16-14(19)12-22-15-7-6-13(11-17-15)23(20,21)18-9-4-3-5-10-18/h1,6-7,11H,3-5,8-10,12H2,(H,16,19). The SMILES string of the molecule is C#CCNC(=O)CSc1ccc(S(=O)(=O)N2CCCCC2)cn1. The number of carbonyl (C=O) groups is 1. The number of thioether (sulfide) groups is 1. The van der Waals surface area contributed by atoms with Crippen LogP contribution in [0.1, 0.15) is 19.3 Å². The van der Waals surface area contributed by atoms with E-state index in [9.17, 15) is 13.2 Å². The molecule has 1 fully saturated rings. The van der Waals surface area contributed by atoms with Gasteiger partial charge in [-0.05, 0) is 25.0 Å². The van der Waals surface area contributed by atoms with Crippen LogP contribution < -0.4 is 5.32 Å². The molecule has 1 amide bonds. The minimum Gasteiger partial charge on any atom is -0.344 e. The highest BCUT2D eigenvalue weighted by Gasteiger charge is 2.26. The van der Waals surface area contributed by atoms with Crippen molar-refractivity contribution >= 4 is 27.7 Å². The van der Waals surface area contributed by atoms with Gasteiger partial charge in [-0.15, -0.1) is 6.42 Å². The van der Waals surface area contributed by atoms with Crippen molar-refractivity contribution in [2.75, 3.05) is 25.4 Å². The molecule has 124 valence electrons. The Labute approximate surface area is 141 Å². The Morgan fingerprint density at radius 2 is 2.09 bits per heavy atom. The number of sulfonamides is 1. The Morgan fingerprint density at radius 1 is 1.35 bits per heavy atom. The van der Waals surface area contributed by atoms with Crippen LogP contribution in [0, 0.1) is 12.3 Å². The van der Waals surface area contributed by atoms with E-state index in [0.29, 0.717) is 18.1 Å². The molecule has 2 heterocycles. The van der Waals surface area contributed by atoms with Crippen molar-refractivity contribution in [1.82, 2.24) is 14.6 Å². The van der Waals surface area contributed by atoms with E-state index < -0.39 is 10.0 Å². The minimum atomic E-state index is -3.46. The topological polar surface area (TPSA) is 79.4 Å². The van der Waals surface area contributed by atoms with Crippen LogP contribution in [0.5, 0.6) is 0 Å². The van der Waals surface area contributed by atoms with E-state index in [-0.39, 0.29) is 23.1 Å². The number of nitrogens with zero attached hydrogens (tertiary/aromatic N) is 2. The predicted octanol–water partition coefficient (Wildman–Crippen LogP) is 1.10. The molecule has 1 aromatic rings. The number of hydrogen-bond acceptors (Lipinski definition) is 5. The zero-order valence-corrected chi connectivity index (χ0v) is 14.3. The van der Waals surface area contributed by atoms with Gasteiger partial charge in [0.25, 0.3) is 0 Å². The van der Waals surface area contributed by atoms with Crippen molar-refractivity contribution in [3.63, 3.8) is 0 Å². The van der Waals surface area contributed by atoms with Gasteiger partial charge in [0.15, 0.2) is 0 Å². The van der Waals surface area contributed by atoms with Gasteiger partial charge in [-0.3, -0.25) is 4.79 Å². The molecule has 0 atom stereocenters. The van der Waals surface area contributed by atoms with E-state index in [2.05, 4.69) is 16.2 Å². The van der Waals surface area contributed by atoms with Crippen molar-refractivity contribution in [3.8, 4) is 12.3 Å². The van der Waals surface area contributed by atoms with E-state index >= 15 is 0 Å². The lowest BCUT2D eigenvalue weighted by Crippen LogP contribution is -2.35. The number of aromatic nitrogens is 1. The summed E-state index contributed by atoms with van der Waals surface area (Å²) in [6.07, 6.45) is 9.27. The second kappa shape index (κ2) is 8.34. The molecular formula is C15H19N3O3S2. The monoisotopic (exact) mass is 353 g/mol. The molecule has 1 aliphatic rings. The van der Waals surface area contributed by atoms with Gasteiger partial charge in [-0.2, -0.15) is 4.31 Å². The van der Waals surface area contributed by atoms with E-state index in [4.69, 9.17) is 6.42 Å². The van der Waals surface area contributed by atoms with Gasteiger partial charge in [0.1, 0.15) is 4.90 Å². The van der Waals surface area contributed by atoms with Crippen molar-refractivity contribution in [3.05, 3.63) is 18.3 Å². The van der Waals surface area contributed by atoms with Gasteiger partial charge >= 0.3 is 0 Å². The van der Waals surface area contributed by atoms with Crippen LogP contribution in [0.4, 0.5) is 0 Å². The second-order valence-electron chi connectivity index (χ2n) is 5.07. The zero-order chi connectivity index (χ0) is 16.7. The van der Waals surface area contributed by atoms with Crippen molar-refractivity contribution in [2.45, 2.75) is 29.2 Å². The first-order valence-corrected chi connectivity index (χ1v) is 9.76. The first kappa shape index (κ1) is 17.8. The quantitative estimate of drug-likeness (QED) is 0.612. The molecule has 0 spiro atoms. The molecule has 2 rings (SSSR count). The molecule has 0 bridgehead atoms. The predicted molar refractivity (Wildman–Crippen MR) is 89.4 cm³/mol. The van der Waals surface area contributed by atoms with Gasteiger partial charge < -0.3 is 5.32 Å². The lowest BCUT2D eigenvalue weighted by molar-refractivity contribution is -0.118. The van der Waals surface area contributed by atoms with Crippen LogP contribution in [0.2, 0.25) is 0 Å². The van der Waals surface area contributed by atoms with E-state index in [0.717, 1.165) is 19.3 Å². The summed E-state index contributed by atoms with van der Waals surface area (Å²) in [5.74, 6) is 2.33. The first-order valence-electron chi connectivity index (χ1n) is 7.33. The molecule has 1 aromatic heterocycles. The summed E-state index contributed by atoms with van der Waals surface area (Å²) in [5.41, 5.74) is 0. The number of amides is 1. The number of rotatable bonds is 6.